The summed E-state index contributed by atoms with van der Waals surface area (Å²) in [6.07, 6.45) is 16.0. The van der Waals surface area contributed by atoms with Gasteiger partial charge in [0.25, 0.3) is 0 Å². The molecule has 0 bridgehead atoms. The van der Waals surface area contributed by atoms with Crippen LogP contribution in [-0.4, -0.2) is 60.9 Å². The molecule has 3 rings (SSSR count). The van der Waals surface area contributed by atoms with Crippen LogP contribution in [0.3, 0.4) is 0 Å². The Hall–Kier alpha value is -2.17. The number of rotatable bonds is 5. The molecule has 3 aliphatic rings. The van der Waals surface area contributed by atoms with Crippen LogP contribution in [-0.2, 0) is 4.79 Å². The van der Waals surface area contributed by atoms with Crippen LogP contribution in [0.1, 0.15) is 25.7 Å². The Labute approximate surface area is 145 Å². The number of nitrogens with one attached hydrogen (secondary N) is 1. The van der Waals surface area contributed by atoms with Crippen molar-refractivity contribution in [2.75, 3.05) is 33.7 Å². The van der Waals surface area contributed by atoms with E-state index in [1.807, 2.05) is 7.05 Å². The van der Waals surface area contributed by atoms with E-state index in [4.69, 9.17) is 0 Å². The molecule has 0 saturated carbocycles. The summed E-state index contributed by atoms with van der Waals surface area (Å²) in [6.45, 7) is 3.08. The van der Waals surface area contributed by atoms with Gasteiger partial charge in [0.2, 0.25) is 6.41 Å². The van der Waals surface area contributed by atoms with E-state index in [2.05, 4.69) is 52.7 Å². The maximum atomic E-state index is 11.2. The van der Waals surface area contributed by atoms with Gasteiger partial charge in [-0.25, -0.2) is 0 Å². The molecule has 24 heavy (non-hydrogen) atoms. The Kier molecular flexibility index (Phi) is 5.28. The summed E-state index contributed by atoms with van der Waals surface area (Å²) in [6, 6.07) is 0.541. The molecule has 1 saturated heterocycles. The third kappa shape index (κ3) is 3.50. The first-order chi connectivity index (χ1) is 11.7. The number of likely N-dealkylation sites (tertiary alicyclic amines) is 1. The van der Waals surface area contributed by atoms with Crippen molar-refractivity contribution in [3.8, 4) is 0 Å². The van der Waals surface area contributed by atoms with E-state index < -0.39 is 0 Å². The fourth-order valence-corrected chi connectivity index (χ4v) is 3.76. The zero-order valence-electron chi connectivity index (χ0n) is 14.7. The molecule has 0 aromatic carbocycles. The van der Waals surface area contributed by atoms with Gasteiger partial charge in [-0.05, 0) is 37.8 Å². The van der Waals surface area contributed by atoms with Gasteiger partial charge in [-0.3, -0.25) is 4.79 Å². The smallest absolute Gasteiger partial charge is 0.213 e. The highest BCUT2D eigenvalue weighted by Crippen LogP contribution is 2.28. The monoisotopic (exact) mass is 328 g/mol. The van der Waals surface area contributed by atoms with E-state index in [9.17, 15) is 4.79 Å². The van der Waals surface area contributed by atoms with Gasteiger partial charge >= 0.3 is 0 Å². The second-order valence-corrected chi connectivity index (χ2v) is 6.70. The number of likely N-dealkylation sites (N-methyl/N-ethyl adjacent to an activating group) is 1. The van der Waals surface area contributed by atoms with E-state index >= 15 is 0 Å². The lowest BCUT2D eigenvalue weighted by Gasteiger charge is -2.41. The lowest BCUT2D eigenvalue weighted by molar-refractivity contribution is -0.115. The maximum absolute atomic E-state index is 11.2. The van der Waals surface area contributed by atoms with Crippen LogP contribution in [0.2, 0.25) is 0 Å². The quantitative estimate of drug-likeness (QED) is 0.784. The van der Waals surface area contributed by atoms with Crippen molar-refractivity contribution in [2.24, 2.45) is 0 Å². The lowest BCUT2D eigenvalue weighted by atomic mass is 9.99. The number of carbonyl (C=O) groups is 1. The standard InChI is InChI=1S/C19H28N4O/c1-21(15-24)18-7-3-4-8-19(18)22(2)16-9-12-23(13-10-16)17-6-5-11-20-14-17/h3,5-7,14-16,20H,4,8-13H2,1-2H3. The summed E-state index contributed by atoms with van der Waals surface area (Å²) in [7, 11) is 4.03. The Morgan fingerprint density at radius 1 is 1.21 bits per heavy atom. The second kappa shape index (κ2) is 7.60. The minimum atomic E-state index is 0.541. The van der Waals surface area contributed by atoms with Gasteiger partial charge in [0.1, 0.15) is 0 Å². The average Bonchev–Trinajstić information content (AvgIpc) is 2.67. The Morgan fingerprint density at radius 3 is 2.67 bits per heavy atom. The highest BCUT2D eigenvalue weighted by molar-refractivity contribution is 5.53. The number of nitrogens with zero attached hydrogens (tertiary/aromatic N) is 3. The van der Waals surface area contributed by atoms with Crippen molar-refractivity contribution in [2.45, 2.75) is 31.7 Å². The van der Waals surface area contributed by atoms with E-state index in [1.165, 1.54) is 11.4 Å². The van der Waals surface area contributed by atoms with Crippen LogP contribution in [0.25, 0.3) is 0 Å². The zero-order valence-corrected chi connectivity index (χ0v) is 14.7. The average molecular weight is 328 g/mol. The molecule has 0 spiro atoms. The molecule has 5 nitrogen and oxygen atoms in total. The van der Waals surface area contributed by atoms with Gasteiger partial charge < -0.3 is 20.0 Å². The van der Waals surface area contributed by atoms with Crippen LogP contribution in [0.4, 0.5) is 0 Å². The highest BCUT2D eigenvalue weighted by atomic mass is 16.1. The largest absolute Gasteiger partial charge is 0.386 e. The Morgan fingerprint density at radius 2 is 2.00 bits per heavy atom. The first kappa shape index (κ1) is 16.7. The minimum Gasteiger partial charge on any atom is -0.386 e. The maximum Gasteiger partial charge on any atom is 0.213 e. The lowest BCUT2D eigenvalue weighted by Crippen LogP contribution is -2.43. The van der Waals surface area contributed by atoms with Gasteiger partial charge in [-0.1, -0.05) is 12.2 Å². The van der Waals surface area contributed by atoms with Crippen molar-refractivity contribution in [1.29, 1.82) is 0 Å². The van der Waals surface area contributed by atoms with Crippen molar-refractivity contribution in [1.82, 2.24) is 20.0 Å². The topological polar surface area (TPSA) is 38.8 Å². The molecule has 1 amide bonds. The zero-order chi connectivity index (χ0) is 16.9. The fourth-order valence-electron chi connectivity index (χ4n) is 3.76. The number of hydrogen-bond acceptors (Lipinski definition) is 4. The predicted octanol–water partition coefficient (Wildman–Crippen LogP) is 2.03. The van der Waals surface area contributed by atoms with Gasteiger partial charge in [0, 0.05) is 51.7 Å². The Balaban J connectivity index is 1.66. The normalized spacial score (nSPS) is 21.4. The summed E-state index contributed by atoms with van der Waals surface area (Å²) in [5, 5.41) is 3.29. The van der Waals surface area contributed by atoms with E-state index in [0.29, 0.717) is 6.04 Å². The molecular weight excluding hydrogens is 300 g/mol. The summed E-state index contributed by atoms with van der Waals surface area (Å²) in [5.41, 5.74) is 3.64. The minimum absolute atomic E-state index is 0.541. The van der Waals surface area contributed by atoms with Crippen molar-refractivity contribution >= 4 is 6.41 Å². The first-order valence-electron chi connectivity index (χ1n) is 8.86. The van der Waals surface area contributed by atoms with Crippen molar-refractivity contribution < 1.29 is 4.79 Å². The second-order valence-electron chi connectivity index (χ2n) is 6.70. The third-order valence-corrected chi connectivity index (χ3v) is 5.23. The highest BCUT2D eigenvalue weighted by Gasteiger charge is 2.26. The third-order valence-electron chi connectivity index (χ3n) is 5.23. The Bertz CT molecular complexity index is 582. The molecule has 2 heterocycles. The molecule has 1 N–H and O–H groups in total. The van der Waals surface area contributed by atoms with Crippen LogP contribution in [0.15, 0.2) is 47.6 Å². The van der Waals surface area contributed by atoms with Crippen LogP contribution >= 0.6 is 0 Å². The summed E-state index contributed by atoms with van der Waals surface area (Å²) >= 11 is 0. The van der Waals surface area contributed by atoms with Crippen molar-refractivity contribution in [3.63, 3.8) is 0 Å². The predicted molar refractivity (Wildman–Crippen MR) is 96.8 cm³/mol. The molecule has 0 aromatic heterocycles. The molecule has 0 aromatic rings. The summed E-state index contributed by atoms with van der Waals surface area (Å²) in [4.78, 5) is 17.8. The van der Waals surface area contributed by atoms with Crippen LogP contribution < -0.4 is 5.32 Å². The summed E-state index contributed by atoms with van der Waals surface area (Å²) in [5.74, 6) is 0. The number of allylic oxidation sites excluding steroid dienone is 4. The number of dihydropyridines is 1. The number of piperidine rings is 1. The van der Waals surface area contributed by atoms with E-state index in [0.717, 1.165) is 57.4 Å². The molecule has 1 fully saturated rings. The van der Waals surface area contributed by atoms with Crippen LogP contribution in [0, 0.1) is 0 Å². The molecule has 0 radical (unpaired) electrons. The number of carbonyl (C=O) groups excluding carboxylic acids is 1. The molecule has 1 aliphatic carbocycles. The van der Waals surface area contributed by atoms with E-state index in [1.54, 1.807) is 4.90 Å². The molecule has 0 atom stereocenters. The van der Waals surface area contributed by atoms with Gasteiger partial charge in [-0.15, -0.1) is 0 Å². The van der Waals surface area contributed by atoms with Crippen LogP contribution in [0.5, 0.6) is 0 Å². The molecule has 0 unspecified atom stereocenters. The fraction of sp³-hybridized carbons (Fsp3) is 0.526. The molecule has 130 valence electrons. The van der Waals surface area contributed by atoms with Crippen molar-refractivity contribution in [3.05, 3.63) is 47.6 Å². The molecule has 5 heteroatoms. The van der Waals surface area contributed by atoms with E-state index in [-0.39, 0.29) is 0 Å². The SMILES string of the molecule is CN(C=O)C1=C(N(C)C2CCN(C3=CNCC=C3)CC2)CCC=C1. The van der Waals surface area contributed by atoms with Gasteiger partial charge in [-0.2, -0.15) is 0 Å². The number of amides is 1. The molecular formula is C19H28N4O. The van der Waals surface area contributed by atoms with Gasteiger partial charge in [0.15, 0.2) is 0 Å². The molecule has 2 aliphatic heterocycles. The first-order valence-corrected chi connectivity index (χ1v) is 8.86. The number of hydrogen-bond donors (Lipinski definition) is 1. The summed E-state index contributed by atoms with van der Waals surface area (Å²) < 4.78 is 0. The van der Waals surface area contributed by atoms with Gasteiger partial charge in [0.05, 0.1) is 11.4 Å².